The first-order valence-corrected chi connectivity index (χ1v) is 7.17. The molecule has 0 aromatic carbocycles. The summed E-state index contributed by atoms with van der Waals surface area (Å²) >= 11 is 1.94. The van der Waals surface area contributed by atoms with Crippen LogP contribution >= 0.6 is 11.8 Å². The van der Waals surface area contributed by atoms with Gasteiger partial charge < -0.3 is 5.32 Å². The summed E-state index contributed by atoms with van der Waals surface area (Å²) in [6.07, 6.45) is 5.79. The molecule has 5 heteroatoms. The van der Waals surface area contributed by atoms with Gasteiger partial charge in [0.2, 0.25) is 0 Å². The van der Waals surface area contributed by atoms with Gasteiger partial charge in [-0.25, -0.2) is 0 Å². The van der Waals surface area contributed by atoms with Gasteiger partial charge >= 0.3 is 0 Å². The van der Waals surface area contributed by atoms with Crippen molar-refractivity contribution in [1.29, 1.82) is 5.26 Å². The van der Waals surface area contributed by atoms with Gasteiger partial charge in [0.1, 0.15) is 17.5 Å². The second-order valence-electron chi connectivity index (χ2n) is 4.56. The van der Waals surface area contributed by atoms with Crippen LogP contribution in [0.25, 0.3) is 0 Å². The standard InChI is InChI=1S/C12H18N4S/c1-8-11(7-13)12(16(2)15-8)14-9-4-5-10(6-9)17-3/h9-10,14H,4-6H2,1-3H3. The van der Waals surface area contributed by atoms with E-state index >= 15 is 0 Å². The van der Waals surface area contributed by atoms with Gasteiger partial charge in [-0.05, 0) is 32.4 Å². The van der Waals surface area contributed by atoms with Crippen LogP contribution in [0, 0.1) is 18.3 Å². The Kier molecular flexibility index (Phi) is 3.63. The predicted octanol–water partition coefficient (Wildman–Crippen LogP) is 2.30. The third-order valence-corrected chi connectivity index (χ3v) is 4.49. The van der Waals surface area contributed by atoms with Crippen LogP contribution in [-0.2, 0) is 7.05 Å². The van der Waals surface area contributed by atoms with Crippen LogP contribution in [0.15, 0.2) is 0 Å². The van der Waals surface area contributed by atoms with Crippen LogP contribution in [0.2, 0.25) is 0 Å². The summed E-state index contributed by atoms with van der Waals surface area (Å²) in [7, 11) is 1.89. The molecule has 0 aliphatic heterocycles. The molecule has 0 radical (unpaired) electrons. The van der Waals surface area contributed by atoms with Crippen LogP contribution < -0.4 is 5.32 Å². The van der Waals surface area contributed by atoms with E-state index in [0.717, 1.165) is 16.8 Å². The zero-order chi connectivity index (χ0) is 12.4. The fourth-order valence-electron chi connectivity index (χ4n) is 2.44. The highest BCUT2D eigenvalue weighted by Crippen LogP contribution is 2.31. The summed E-state index contributed by atoms with van der Waals surface area (Å²) in [5.74, 6) is 0.872. The number of aryl methyl sites for hydroxylation is 2. The normalized spacial score (nSPS) is 23.6. The number of hydrogen-bond acceptors (Lipinski definition) is 4. The molecule has 1 fully saturated rings. The van der Waals surface area contributed by atoms with Crippen LogP contribution in [-0.4, -0.2) is 27.3 Å². The van der Waals surface area contributed by atoms with E-state index in [1.165, 1.54) is 19.3 Å². The van der Waals surface area contributed by atoms with Gasteiger partial charge in [-0.1, -0.05) is 0 Å². The molecule has 1 N–H and O–H groups in total. The van der Waals surface area contributed by atoms with Gasteiger partial charge in [-0.2, -0.15) is 22.1 Å². The Morgan fingerprint density at radius 1 is 1.53 bits per heavy atom. The number of anilines is 1. The summed E-state index contributed by atoms with van der Waals surface area (Å²) in [5.41, 5.74) is 1.48. The number of aromatic nitrogens is 2. The van der Waals surface area contributed by atoms with Crippen LogP contribution in [0.5, 0.6) is 0 Å². The molecule has 0 amide bonds. The molecule has 17 heavy (non-hydrogen) atoms. The Morgan fingerprint density at radius 3 is 2.88 bits per heavy atom. The van der Waals surface area contributed by atoms with E-state index in [1.54, 1.807) is 4.68 Å². The average molecular weight is 250 g/mol. The molecule has 1 aromatic rings. The highest BCUT2D eigenvalue weighted by molar-refractivity contribution is 7.99. The van der Waals surface area contributed by atoms with E-state index in [0.29, 0.717) is 11.6 Å². The van der Waals surface area contributed by atoms with Crippen molar-refractivity contribution in [3.8, 4) is 6.07 Å². The average Bonchev–Trinajstić information content (AvgIpc) is 2.85. The maximum absolute atomic E-state index is 9.14. The fraction of sp³-hybridized carbons (Fsp3) is 0.667. The first-order chi connectivity index (χ1) is 8.15. The lowest BCUT2D eigenvalue weighted by atomic mass is 10.2. The van der Waals surface area contributed by atoms with Gasteiger partial charge in [0.05, 0.1) is 5.69 Å². The maximum atomic E-state index is 9.14. The molecule has 0 spiro atoms. The second kappa shape index (κ2) is 5.01. The summed E-state index contributed by atoms with van der Waals surface area (Å²) in [6.45, 7) is 1.88. The summed E-state index contributed by atoms with van der Waals surface area (Å²) in [6, 6.07) is 2.71. The molecule has 1 saturated carbocycles. The molecule has 0 saturated heterocycles. The first kappa shape index (κ1) is 12.3. The molecular weight excluding hydrogens is 232 g/mol. The zero-order valence-corrected chi connectivity index (χ0v) is 11.3. The number of nitrogens with zero attached hydrogens (tertiary/aromatic N) is 3. The number of thioether (sulfide) groups is 1. The SMILES string of the molecule is CSC1CCC(Nc2c(C#N)c(C)nn2C)C1. The molecule has 4 nitrogen and oxygen atoms in total. The molecule has 1 aromatic heterocycles. The monoisotopic (exact) mass is 250 g/mol. The van der Waals surface area contributed by atoms with E-state index in [4.69, 9.17) is 5.26 Å². The van der Waals surface area contributed by atoms with Crippen molar-refractivity contribution in [2.75, 3.05) is 11.6 Å². The van der Waals surface area contributed by atoms with Crippen molar-refractivity contribution in [1.82, 2.24) is 9.78 Å². The van der Waals surface area contributed by atoms with Crippen LogP contribution in [0.1, 0.15) is 30.5 Å². The number of nitriles is 1. The van der Waals surface area contributed by atoms with Crippen molar-refractivity contribution in [3.63, 3.8) is 0 Å². The molecule has 2 rings (SSSR count). The van der Waals surface area contributed by atoms with Gasteiger partial charge in [0, 0.05) is 18.3 Å². The summed E-state index contributed by atoms with van der Waals surface area (Å²) in [4.78, 5) is 0. The molecule has 92 valence electrons. The van der Waals surface area contributed by atoms with Crippen molar-refractivity contribution in [3.05, 3.63) is 11.3 Å². The minimum absolute atomic E-state index is 0.481. The van der Waals surface area contributed by atoms with Gasteiger partial charge in [0.25, 0.3) is 0 Å². The molecule has 1 aliphatic rings. The topological polar surface area (TPSA) is 53.6 Å². The minimum Gasteiger partial charge on any atom is -0.366 e. The van der Waals surface area contributed by atoms with Crippen LogP contribution in [0.4, 0.5) is 5.82 Å². The Bertz CT molecular complexity index is 446. The molecule has 2 atom stereocenters. The van der Waals surface area contributed by atoms with Crippen molar-refractivity contribution >= 4 is 17.6 Å². The highest BCUT2D eigenvalue weighted by Gasteiger charge is 2.25. The lowest BCUT2D eigenvalue weighted by Gasteiger charge is -2.14. The molecular formula is C12H18N4S. The van der Waals surface area contributed by atoms with Gasteiger partial charge in [-0.15, -0.1) is 0 Å². The highest BCUT2D eigenvalue weighted by atomic mass is 32.2. The molecule has 0 bridgehead atoms. The van der Waals surface area contributed by atoms with E-state index in [-0.39, 0.29) is 0 Å². The number of hydrogen-bond donors (Lipinski definition) is 1. The number of rotatable bonds is 3. The van der Waals surface area contributed by atoms with Crippen molar-refractivity contribution in [2.45, 2.75) is 37.5 Å². The quantitative estimate of drug-likeness (QED) is 0.894. The third kappa shape index (κ3) is 2.42. The Hall–Kier alpha value is -1.15. The molecule has 1 aliphatic carbocycles. The van der Waals surface area contributed by atoms with Crippen LogP contribution in [0.3, 0.4) is 0 Å². The van der Waals surface area contributed by atoms with E-state index < -0.39 is 0 Å². The van der Waals surface area contributed by atoms with E-state index in [2.05, 4.69) is 22.7 Å². The second-order valence-corrected chi connectivity index (χ2v) is 5.69. The third-order valence-electron chi connectivity index (χ3n) is 3.39. The maximum Gasteiger partial charge on any atom is 0.142 e. The van der Waals surface area contributed by atoms with Crippen molar-refractivity contribution in [2.24, 2.45) is 7.05 Å². The predicted molar refractivity (Wildman–Crippen MR) is 71.2 cm³/mol. The zero-order valence-electron chi connectivity index (χ0n) is 10.5. The Balaban J connectivity index is 2.12. The van der Waals surface area contributed by atoms with Gasteiger partial charge in [0.15, 0.2) is 0 Å². The smallest absolute Gasteiger partial charge is 0.142 e. The minimum atomic E-state index is 0.481. The van der Waals surface area contributed by atoms with E-state index in [1.807, 2.05) is 25.7 Å². The Labute approximate surface area is 106 Å². The first-order valence-electron chi connectivity index (χ1n) is 5.88. The van der Waals surface area contributed by atoms with Crippen molar-refractivity contribution < 1.29 is 0 Å². The lowest BCUT2D eigenvalue weighted by Crippen LogP contribution is -2.18. The Morgan fingerprint density at radius 2 is 2.29 bits per heavy atom. The van der Waals surface area contributed by atoms with Gasteiger partial charge in [-0.3, -0.25) is 4.68 Å². The lowest BCUT2D eigenvalue weighted by molar-refractivity contribution is 0.709. The fourth-order valence-corrected chi connectivity index (χ4v) is 3.23. The summed E-state index contributed by atoms with van der Waals surface area (Å²) in [5, 5.41) is 17.7. The molecule has 2 unspecified atom stereocenters. The largest absolute Gasteiger partial charge is 0.366 e. The summed E-state index contributed by atoms with van der Waals surface area (Å²) < 4.78 is 1.78. The van der Waals surface area contributed by atoms with E-state index in [9.17, 15) is 0 Å². The molecule has 1 heterocycles. The number of nitrogens with one attached hydrogen (secondary N) is 1.